The van der Waals surface area contributed by atoms with Crippen LogP contribution in [0.3, 0.4) is 0 Å². The van der Waals surface area contributed by atoms with E-state index >= 15 is 0 Å². The maximum atomic E-state index is 11.8. The highest BCUT2D eigenvalue weighted by Gasteiger charge is 2.16. The molecule has 0 saturated carbocycles. The Kier molecular flexibility index (Phi) is 9.10. The molecule has 148 valence electrons. The van der Waals surface area contributed by atoms with E-state index in [0.717, 1.165) is 11.8 Å². The molecule has 27 heavy (non-hydrogen) atoms. The van der Waals surface area contributed by atoms with Crippen molar-refractivity contribution in [1.29, 1.82) is 0 Å². The van der Waals surface area contributed by atoms with Crippen LogP contribution in [0.1, 0.15) is 20.8 Å². The topological polar surface area (TPSA) is 114 Å². The molecule has 8 nitrogen and oxygen atoms in total. The third-order valence-corrected chi connectivity index (χ3v) is 3.84. The Hall–Kier alpha value is -2.26. The van der Waals surface area contributed by atoms with Gasteiger partial charge in [-0.1, -0.05) is 11.6 Å². The first kappa shape index (κ1) is 22.8. The number of urea groups is 1. The van der Waals surface area contributed by atoms with Crippen LogP contribution in [-0.4, -0.2) is 47.5 Å². The number of hydrogen-bond acceptors (Lipinski definition) is 6. The molecule has 0 aliphatic rings. The highest BCUT2D eigenvalue weighted by atomic mass is 35.5. The minimum Gasteiger partial charge on any atom is -0.455 e. The van der Waals surface area contributed by atoms with Crippen molar-refractivity contribution in [2.24, 2.45) is 0 Å². The summed E-state index contributed by atoms with van der Waals surface area (Å²) in [7, 11) is 0. The Balaban J connectivity index is 2.19. The normalized spacial score (nSPS) is 10.7. The van der Waals surface area contributed by atoms with Gasteiger partial charge in [-0.15, -0.1) is 11.8 Å². The van der Waals surface area contributed by atoms with Crippen molar-refractivity contribution in [3.05, 3.63) is 29.3 Å². The zero-order chi connectivity index (χ0) is 20.4. The molecule has 0 heterocycles. The zero-order valence-corrected chi connectivity index (χ0v) is 16.8. The zero-order valence-electron chi connectivity index (χ0n) is 15.3. The Morgan fingerprint density at radius 1 is 1.04 bits per heavy atom. The van der Waals surface area contributed by atoms with E-state index in [4.69, 9.17) is 16.3 Å². The summed E-state index contributed by atoms with van der Waals surface area (Å²) in [6.45, 7) is 4.71. The summed E-state index contributed by atoms with van der Waals surface area (Å²) in [6, 6.07) is 5.95. The number of imide groups is 1. The van der Waals surface area contributed by atoms with Crippen LogP contribution in [0.5, 0.6) is 0 Å². The number of anilines is 1. The van der Waals surface area contributed by atoms with Crippen molar-refractivity contribution in [3.63, 3.8) is 0 Å². The highest BCUT2D eigenvalue weighted by Crippen LogP contribution is 2.13. The quantitative estimate of drug-likeness (QED) is 0.588. The van der Waals surface area contributed by atoms with Gasteiger partial charge in [0.2, 0.25) is 5.91 Å². The maximum absolute atomic E-state index is 11.8. The standard InChI is InChI=1S/C17H22ClN3O5S/c1-17(2,3)21-16(25)20-13(22)8-26-15(24)10-27-9-14(23)19-12-6-4-11(18)5-7-12/h4-7H,8-10H2,1-3H3,(H,19,23)(H2,20,21,22,25). The van der Waals surface area contributed by atoms with Crippen molar-refractivity contribution in [2.75, 3.05) is 23.4 Å². The Labute approximate surface area is 166 Å². The molecule has 1 aromatic rings. The van der Waals surface area contributed by atoms with E-state index in [1.807, 2.05) is 0 Å². The van der Waals surface area contributed by atoms with Crippen LogP contribution in [0.15, 0.2) is 24.3 Å². The molecule has 0 atom stereocenters. The SMILES string of the molecule is CC(C)(C)NC(=O)NC(=O)COC(=O)CSCC(=O)Nc1ccc(Cl)cc1. The fraction of sp³-hybridized carbons (Fsp3) is 0.412. The van der Waals surface area contributed by atoms with Crippen molar-refractivity contribution >= 4 is 52.9 Å². The lowest BCUT2D eigenvalue weighted by atomic mass is 10.1. The summed E-state index contributed by atoms with van der Waals surface area (Å²) in [4.78, 5) is 46.3. The molecule has 10 heteroatoms. The minimum absolute atomic E-state index is 0.0396. The largest absolute Gasteiger partial charge is 0.455 e. The Bertz CT molecular complexity index is 689. The molecule has 4 amide bonds. The van der Waals surface area contributed by atoms with Crippen molar-refractivity contribution in [1.82, 2.24) is 10.6 Å². The molecule has 0 aliphatic heterocycles. The lowest BCUT2D eigenvalue weighted by Crippen LogP contribution is -2.49. The molecule has 0 aliphatic carbocycles. The van der Waals surface area contributed by atoms with Crippen LogP contribution in [0, 0.1) is 0 Å². The van der Waals surface area contributed by atoms with Crippen molar-refractivity contribution in [2.45, 2.75) is 26.3 Å². The first-order valence-corrected chi connectivity index (χ1v) is 9.49. The summed E-state index contributed by atoms with van der Waals surface area (Å²) in [5.41, 5.74) is 0.0994. The smallest absolute Gasteiger partial charge is 0.321 e. The van der Waals surface area contributed by atoms with Gasteiger partial charge in [-0.3, -0.25) is 19.7 Å². The number of rotatable bonds is 7. The summed E-state index contributed by atoms with van der Waals surface area (Å²) in [5.74, 6) is -1.75. The predicted molar refractivity (Wildman–Crippen MR) is 105 cm³/mol. The monoisotopic (exact) mass is 415 g/mol. The van der Waals surface area contributed by atoms with E-state index in [2.05, 4.69) is 16.0 Å². The lowest BCUT2D eigenvalue weighted by Gasteiger charge is -2.20. The van der Waals surface area contributed by atoms with Crippen LogP contribution in [0.25, 0.3) is 0 Å². The number of benzene rings is 1. The molecule has 1 rings (SSSR count). The summed E-state index contributed by atoms with van der Waals surface area (Å²) < 4.78 is 4.75. The number of ether oxygens (including phenoxy) is 1. The van der Waals surface area contributed by atoms with Gasteiger partial charge in [0.15, 0.2) is 6.61 Å². The molecular weight excluding hydrogens is 394 g/mol. The van der Waals surface area contributed by atoms with E-state index in [1.54, 1.807) is 45.0 Å². The molecule has 1 aromatic carbocycles. The van der Waals surface area contributed by atoms with Crippen LogP contribution in [0.4, 0.5) is 10.5 Å². The number of carbonyl (C=O) groups is 4. The lowest BCUT2D eigenvalue weighted by molar-refractivity contribution is -0.145. The molecule has 3 N–H and O–H groups in total. The first-order valence-electron chi connectivity index (χ1n) is 7.96. The first-order chi connectivity index (χ1) is 12.5. The van der Waals surface area contributed by atoms with Crippen LogP contribution in [-0.2, 0) is 19.1 Å². The van der Waals surface area contributed by atoms with E-state index in [0.29, 0.717) is 10.7 Å². The second-order valence-corrected chi connectivity index (χ2v) is 7.88. The van der Waals surface area contributed by atoms with Gasteiger partial charge in [0.1, 0.15) is 0 Å². The predicted octanol–water partition coefficient (Wildman–Crippen LogP) is 2.18. The van der Waals surface area contributed by atoms with E-state index < -0.39 is 30.1 Å². The highest BCUT2D eigenvalue weighted by molar-refractivity contribution is 8.00. The molecule has 0 radical (unpaired) electrons. The van der Waals surface area contributed by atoms with Gasteiger partial charge in [-0.05, 0) is 45.0 Å². The number of esters is 1. The van der Waals surface area contributed by atoms with Gasteiger partial charge in [-0.2, -0.15) is 0 Å². The number of thioether (sulfide) groups is 1. The number of halogens is 1. The summed E-state index contributed by atoms with van der Waals surface area (Å²) >= 11 is 6.80. The number of hydrogen-bond donors (Lipinski definition) is 3. The van der Waals surface area contributed by atoms with Crippen LogP contribution in [0.2, 0.25) is 5.02 Å². The third kappa shape index (κ3) is 11.1. The van der Waals surface area contributed by atoms with Gasteiger partial charge in [0.25, 0.3) is 5.91 Å². The molecular formula is C17H22ClN3O5S. The van der Waals surface area contributed by atoms with Crippen LogP contribution < -0.4 is 16.0 Å². The number of amides is 4. The summed E-state index contributed by atoms with van der Waals surface area (Å²) in [6.07, 6.45) is 0. The second-order valence-electron chi connectivity index (χ2n) is 6.46. The van der Waals surface area contributed by atoms with Gasteiger partial charge in [-0.25, -0.2) is 4.79 Å². The molecule has 0 fully saturated rings. The van der Waals surface area contributed by atoms with E-state index in [-0.39, 0.29) is 17.4 Å². The molecule has 0 spiro atoms. The Morgan fingerprint density at radius 3 is 2.26 bits per heavy atom. The molecule has 0 unspecified atom stereocenters. The Morgan fingerprint density at radius 2 is 1.67 bits per heavy atom. The van der Waals surface area contributed by atoms with Gasteiger partial charge < -0.3 is 15.4 Å². The van der Waals surface area contributed by atoms with Crippen molar-refractivity contribution in [3.8, 4) is 0 Å². The number of nitrogens with one attached hydrogen (secondary N) is 3. The molecule has 0 bridgehead atoms. The summed E-state index contributed by atoms with van der Waals surface area (Å²) in [5, 5.41) is 7.81. The second kappa shape index (κ2) is 10.8. The van der Waals surface area contributed by atoms with E-state index in [9.17, 15) is 19.2 Å². The molecule has 0 saturated heterocycles. The van der Waals surface area contributed by atoms with Gasteiger partial charge >= 0.3 is 12.0 Å². The minimum atomic E-state index is -0.740. The number of carbonyl (C=O) groups excluding carboxylic acids is 4. The van der Waals surface area contributed by atoms with E-state index in [1.165, 1.54) is 0 Å². The van der Waals surface area contributed by atoms with Crippen molar-refractivity contribution < 1.29 is 23.9 Å². The average molecular weight is 416 g/mol. The fourth-order valence-electron chi connectivity index (χ4n) is 1.68. The third-order valence-electron chi connectivity index (χ3n) is 2.69. The average Bonchev–Trinajstić information content (AvgIpc) is 2.53. The fourth-order valence-corrected chi connectivity index (χ4v) is 2.42. The van der Waals surface area contributed by atoms with Gasteiger partial charge in [0, 0.05) is 16.2 Å². The molecule has 0 aromatic heterocycles. The van der Waals surface area contributed by atoms with Gasteiger partial charge in [0.05, 0.1) is 11.5 Å². The van der Waals surface area contributed by atoms with Crippen LogP contribution >= 0.6 is 23.4 Å². The maximum Gasteiger partial charge on any atom is 0.321 e.